The lowest BCUT2D eigenvalue weighted by molar-refractivity contribution is -0.153. The topological polar surface area (TPSA) is 27.1 Å². The molecule has 0 spiro atoms. The predicted octanol–water partition coefficient (Wildman–Crippen LogP) is 8.22. The summed E-state index contributed by atoms with van der Waals surface area (Å²) in [7, 11) is 0. The third kappa shape index (κ3) is 5.46. The second-order valence-electron chi connectivity index (χ2n) is 6.80. The number of fused-ring (bicyclic) bond motifs is 1. The fourth-order valence-corrected chi connectivity index (χ4v) is 4.41. The Kier molecular flexibility index (Phi) is 6.81. The molecule has 1 aromatic heterocycles. The van der Waals surface area contributed by atoms with Gasteiger partial charge in [0, 0.05) is 16.5 Å². The Morgan fingerprint density at radius 2 is 1.56 bits per heavy atom. The Hall–Kier alpha value is -2.06. The van der Waals surface area contributed by atoms with Crippen LogP contribution in [0.2, 0.25) is 15.1 Å². The molecule has 0 amide bonds. The summed E-state index contributed by atoms with van der Waals surface area (Å²) in [6.45, 7) is -1.35. The quantitative estimate of drug-likeness (QED) is 0.241. The van der Waals surface area contributed by atoms with E-state index in [1.807, 2.05) is 28.8 Å². The third-order valence-electron chi connectivity index (χ3n) is 4.44. The van der Waals surface area contributed by atoms with Crippen LogP contribution >= 0.6 is 46.6 Å². The Labute approximate surface area is 201 Å². The Balaban J connectivity index is 1.68. The summed E-state index contributed by atoms with van der Waals surface area (Å²) in [5.74, 6) is 0.751. The van der Waals surface area contributed by atoms with Gasteiger partial charge < -0.3 is 4.74 Å². The molecule has 4 aromatic rings. The molecule has 0 fully saturated rings. The van der Waals surface area contributed by atoms with Crippen LogP contribution in [0.25, 0.3) is 16.7 Å². The van der Waals surface area contributed by atoms with Crippen molar-refractivity contribution in [3.8, 4) is 11.4 Å². The number of halogens is 6. The van der Waals surface area contributed by atoms with Crippen LogP contribution in [0.15, 0.2) is 65.8 Å². The van der Waals surface area contributed by atoms with E-state index in [1.165, 1.54) is 23.9 Å². The molecule has 0 atom stereocenters. The molecule has 4 rings (SSSR count). The van der Waals surface area contributed by atoms with Gasteiger partial charge in [-0.25, -0.2) is 4.98 Å². The van der Waals surface area contributed by atoms with Crippen LogP contribution in [0.3, 0.4) is 0 Å². The molecule has 0 aliphatic carbocycles. The Morgan fingerprint density at radius 3 is 2.22 bits per heavy atom. The summed E-state index contributed by atoms with van der Waals surface area (Å²) in [6, 6.07) is 17.2. The molecule has 10 heteroatoms. The average Bonchev–Trinajstić information content (AvgIpc) is 3.09. The first kappa shape index (κ1) is 23.1. The number of alkyl halides is 3. The fraction of sp³-hybridized carbons (Fsp3) is 0.136. The number of nitrogens with zero attached hydrogens (tertiary/aromatic N) is 2. The minimum Gasteiger partial charge on any atom is -0.484 e. The van der Waals surface area contributed by atoms with Crippen LogP contribution in [0.4, 0.5) is 13.2 Å². The second-order valence-corrected chi connectivity index (χ2v) is 8.99. The SMILES string of the molecule is FC(F)(F)COc1ccc(-n2c(SCc3ccc(Cl)cc3)nc3cc(Cl)c(Cl)cc32)cc1. The van der Waals surface area contributed by atoms with E-state index in [1.54, 1.807) is 24.3 Å². The Bertz CT molecular complexity index is 1240. The van der Waals surface area contributed by atoms with Gasteiger partial charge >= 0.3 is 6.18 Å². The van der Waals surface area contributed by atoms with Gasteiger partial charge in [-0.05, 0) is 54.1 Å². The van der Waals surface area contributed by atoms with E-state index in [0.29, 0.717) is 37.2 Å². The molecule has 3 nitrogen and oxygen atoms in total. The van der Waals surface area contributed by atoms with Gasteiger partial charge in [0.25, 0.3) is 0 Å². The number of imidazole rings is 1. The lowest BCUT2D eigenvalue weighted by Gasteiger charge is -2.12. The standard InChI is InChI=1S/C22H14Cl3F3N2OS/c23-14-3-1-13(2-4-14)11-32-21-29-19-9-17(24)18(25)10-20(19)30(21)15-5-7-16(8-6-15)31-12-22(26,27)28/h1-10H,11-12H2. The minimum atomic E-state index is -4.40. The van der Waals surface area contributed by atoms with E-state index in [9.17, 15) is 13.2 Å². The lowest BCUT2D eigenvalue weighted by atomic mass is 10.2. The van der Waals surface area contributed by atoms with Crippen LogP contribution in [0.1, 0.15) is 5.56 Å². The molecule has 0 unspecified atom stereocenters. The van der Waals surface area contributed by atoms with E-state index < -0.39 is 12.8 Å². The van der Waals surface area contributed by atoms with Crippen molar-refractivity contribution in [2.45, 2.75) is 17.1 Å². The van der Waals surface area contributed by atoms with E-state index in [2.05, 4.69) is 0 Å². The first-order chi connectivity index (χ1) is 15.2. The monoisotopic (exact) mass is 516 g/mol. The maximum atomic E-state index is 12.4. The molecule has 0 aliphatic heterocycles. The Morgan fingerprint density at radius 1 is 0.906 bits per heavy atom. The molecule has 0 N–H and O–H groups in total. The zero-order valence-corrected chi connectivity index (χ0v) is 19.3. The first-order valence-electron chi connectivity index (χ1n) is 9.24. The third-order valence-corrected chi connectivity index (χ3v) is 6.43. The highest BCUT2D eigenvalue weighted by atomic mass is 35.5. The summed E-state index contributed by atoms with van der Waals surface area (Å²) in [4.78, 5) is 4.69. The fourth-order valence-electron chi connectivity index (χ4n) is 2.98. The van der Waals surface area contributed by atoms with E-state index in [-0.39, 0.29) is 5.75 Å². The number of rotatable bonds is 6. The number of aromatic nitrogens is 2. The highest BCUT2D eigenvalue weighted by molar-refractivity contribution is 7.98. The smallest absolute Gasteiger partial charge is 0.422 e. The largest absolute Gasteiger partial charge is 0.484 e. The summed E-state index contributed by atoms with van der Waals surface area (Å²) >= 11 is 19.9. The van der Waals surface area contributed by atoms with E-state index in [4.69, 9.17) is 44.5 Å². The van der Waals surface area contributed by atoms with Crippen molar-refractivity contribution in [2.24, 2.45) is 0 Å². The van der Waals surface area contributed by atoms with Crippen molar-refractivity contribution in [1.29, 1.82) is 0 Å². The molecule has 3 aromatic carbocycles. The van der Waals surface area contributed by atoms with Gasteiger partial charge in [0.1, 0.15) is 5.75 Å². The van der Waals surface area contributed by atoms with Gasteiger partial charge in [-0.3, -0.25) is 4.57 Å². The molecular formula is C22H14Cl3F3N2OS. The molecule has 32 heavy (non-hydrogen) atoms. The van der Waals surface area contributed by atoms with Crippen molar-refractivity contribution >= 4 is 57.6 Å². The molecule has 0 bridgehead atoms. The molecule has 0 saturated heterocycles. The second kappa shape index (κ2) is 9.43. The van der Waals surface area contributed by atoms with Crippen molar-refractivity contribution in [3.63, 3.8) is 0 Å². The van der Waals surface area contributed by atoms with Gasteiger partial charge in [-0.15, -0.1) is 0 Å². The number of hydrogen-bond acceptors (Lipinski definition) is 3. The van der Waals surface area contributed by atoms with Crippen molar-refractivity contribution in [2.75, 3.05) is 6.61 Å². The van der Waals surface area contributed by atoms with Gasteiger partial charge in [0.15, 0.2) is 11.8 Å². The van der Waals surface area contributed by atoms with Crippen molar-refractivity contribution < 1.29 is 17.9 Å². The van der Waals surface area contributed by atoms with Crippen molar-refractivity contribution in [3.05, 3.63) is 81.3 Å². The predicted molar refractivity (Wildman–Crippen MR) is 124 cm³/mol. The molecule has 0 radical (unpaired) electrons. The molecular weight excluding hydrogens is 504 g/mol. The number of thioether (sulfide) groups is 1. The lowest BCUT2D eigenvalue weighted by Crippen LogP contribution is -2.19. The normalized spacial score (nSPS) is 11.8. The molecule has 166 valence electrons. The summed E-state index contributed by atoms with van der Waals surface area (Å²) < 4.78 is 43.9. The minimum absolute atomic E-state index is 0.118. The van der Waals surface area contributed by atoms with Crippen LogP contribution in [0.5, 0.6) is 5.75 Å². The van der Waals surface area contributed by atoms with Crippen molar-refractivity contribution in [1.82, 2.24) is 9.55 Å². The van der Waals surface area contributed by atoms with Gasteiger partial charge in [0.2, 0.25) is 0 Å². The molecule has 0 saturated carbocycles. The molecule has 1 heterocycles. The van der Waals surface area contributed by atoms with E-state index in [0.717, 1.165) is 11.1 Å². The zero-order chi connectivity index (χ0) is 22.9. The summed E-state index contributed by atoms with van der Waals surface area (Å²) in [6.07, 6.45) is -4.40. The highest BCUT2D eigenvalue weighted by Gasteiger charge is 2.28. The van der Waals surface area contributed by atoms with E-state index >= 15 is 0 Å². The summed E-state index contributed by atoms with van der Waals surface area (Å²) in [5, 5.41) is 2.09. The number of ether oxygens (including phenoxy) is 1. The van der Waals surface area contributed by atoms with Crippen LogP contribution < -0.4 is 4.74 Å². The zero-order valence-electron chi connectivity index (χ0n) is 16.2. The highest BCUT2D eigenvalue weighted by Crippen LogP contribution is 2.35. The van der Waals surface area contributed by atoms with Crippen LogP contribution in [-0.2, 0) is 5.75 Å². The number of hydrogen-bond donors (Lipinski definition) is 0. The maximum absolute atomic E-state index is 12.4. The maximum Gasteiger partial charge on any atom is 0.422 e. The molecule has 0 aliphatic rings. The van der Waals surface area contributed by atoms with Gasteiger partial charge in [0.05, 0.1) is 21.1 Å². The number of benzene rings is 3. The van der Waals surface area contributed by atoms with Crippen LogP contribution in [0, 0.1) is 0 Å². The first-order valence-corrected chi connectivity index (χ1v) is 11.4. The van der Waals surface area contributed by atoms with Crippen LogP contribution in [-0.4, -0.2) is 22.3 Å². The average molecular weight is 518 g/mol. The van der Waals surface area contributed by atoms with Gasteiger partial charge in [-0.2, -0.15) is 13.2 Å². The van der Waals surface area contributed by atoms with Gasteiger partial charge in [-0.1, -0.05) is 58.7 Å². The summed E-state index contributed by atoms with van der Waals surface area (Å²) in [5.41, 5.74) is 3.13.